The van der Waals surface area contributed by atoms with E-state index in [0.717, 1.165) is 32.8 Å². The molecule has 94 valence electrons. The second kappa shape index (κ2) is 5.31. The van der Waals surface area contributed by atoms with Crippen LogP contribution in [0.5, 0.6) is 5.75 Å². The fourth-order valence-corrected chi connectivity index (χ4v) is 2.13. The van der Waals surface area contributed by atoms with Crippen LogP contribution in [-0.2, 0) is 0 Å². The zero-order chi connectivity index (χ0) is 13.1. The minimum absolute atomic E-state index is 0.770. The van der Waals surface area contributed by atoms with Gasteiger partial charge in [-0.1, -0.05) is 0 Å². The normalized spacial score (nSPS) is 10.2. The molecule has 0 aliphatic rings. The van der Waals surface area contributed by atoms with Crippen molar-refractivity contribution in [1.29, 1.82) is 0 Å². The van der Waals surface area contributed by atoms with Gasteiger partial charge in [0.05, 0.1) is 11.6 Å². The third kappa shape index (κ3) is 2.76. The molecule has 0 aliphatic heterocycles. The van der Waals surface area contributed by atoms with Crippen molar-refractivity contribution >= 4 is 33.0 Å². The molecule has 2 aromatic rings. The Labute approximate surface area is 115 Å². The first kappa shape index (κ1) is 12.8. The number of nitrogens with one attached hydrogen (secondary N) is 1. The summed E-state index contributed by atoms with van der Waals surface area (Å²) in [5.41, 5.74) is 9.62. The smallest absolute Gasteiger partial charge is 0.135 e. The monoisotopic (exact) mass is 306 g/mol. The number of benzene rings is 2. The van der Waals surface area contributed by atoms with Gasteiger partial charge in [0.15, 0.2) is 0 Å². The molecule has 0 aliphatic carbocycles. The Hall–Kier alpha value is -1.68. The van der Waals surface area contributed by atoms with Gasteiger partial charge < -0.3 is 15.8 Å². The summed E-state index contributed by atoms with van der Waals surface area (Å²) in [4.78, 5) is 0. The number of rotatable bonds is 3. The molecule has 0 amide bonds. The predicted molar refractivity (Wildman–Crippen MR) is 79.6 cm³/mol. The lowest BCUT2D eigenvalue weighted by molar-refractivity contribution is 0.412. The zero-order valence-corrected chi connectivity index (χ0v) is 11.9. The van der Waals surface area contributed by atoms with Crippen LogP contribution in [0.4, 0.5) is 17.1 Å². The average Bonchev–Trinajstić information content (AvgIpc) is 2.35. The molecule has 0 saturated heterocycles. The molecule has 2 aromatic carbocycles. The van der Waals surface area contributed by atoms with Crippen LogP contribution >= 0.6 is 15.9 Å². The summed E-state index contributed by atoms with van der Waals surface area (Å²) >= 11 is 3.43. The van der Waals surface area contributed by atoms with Crippen molar-refractivity contribution in [3.8, 4) is 5.75 Å². The van der Waals surface area contributed by atoms with Crippen molar-refractivity contribution in [2.24, 2.45) is 0 Å². The minimum Gasteiger partial charge on any atom is -0.495 e. The number of aryl methyl sites for hydroxylation is 1. The average molecular weight is 307 g/mol. The second-order valence-electron chi connectivity index (χ2n) is 4.05. The molecule has 0 heterocycles. The van der Waals surface area contributed by atoms with Crippen molar-refractivity contribution in [3.63, 3.8) is 0 Å². The first-order chi connectivity index (χ1) is 8.60. The molecule has 3 nitrogen and oxygen atoms in total. The number of nitrogens with two attached hydrogens (primary N) is 1. The van der Waals surface area contributed by atoms with Crippen LogP contribution in [0.25, 0.3) is 0 Å². The Bertz CT molecular complexity index is 570. The van der Waals surface area contributed by atoms with Crippen LogP contribution in [0, 0.1) is 6.92 Å². The molecule has 0 saturated carbocycles. The van der Waals surface area contributed by atoms with Crippen molar-refractivity contribution in [3.05, 3.63) is 46.4 Å². The SMILES string of the molecule is COc1cc(Nc2ccc(N)cc2C)ccc1Br. The maximum absolute atomic E-state index is 5.73. The Balaban J connectivity index is 2.28. The number of nitrogen functional groups attached to an aromatic ring is 1. The maximum atomic E-state index is 5.73. The molecular weight excluding hydrogens is 292 g/mol. The van der Waals surface area contributed by atoms with E-state index < -0.39 is 0 Å². The molecule has 0 aromatic heterocycles. The lowest BCUT2D eigenvalue weighted by Crippen LogP contribution is -1.95. The summed E-state index contributed by atoms with van der Waals surface area (Å²) in [5, 5.41) is 3.34. The van der Waals surface area contributed by atoms with E-state index in [1.165, 1.54) is 0 Å². The predicted octanol–water partition coefficient (Wildman–Crippen LogP) is 4.09. The standard InChI is InChI=1S/C14H15BrN2O/c1-9-7-10(16)3-6-13(9)17-11-4-5-12(15)14(8-11)18-2/h3-8,17H,16H2,1-2H3. The van der Waals surface area contributed by atoms with Crippen molar-refractivity contribution in [2.75, 3.05) is 18.2 Å². The van der Waals surface area contributed by atoms with Crippen LogP contribution in [0.2, 0.25) is 0 Å². The van der Waals surface area contributed by atoms with Gasteiger partial charge in [-0.3, -0.25) is 0 Å². The third-order valence-electron chi connectivity index (χ3n) is 2.68. The summed E-state index contributed by atoms with van der Waals surface area (Å²) in [6, 6.07) is 11.7. The number of halogens is 1. The topological polar surface area (TPSA) is 47.3 Å². The number of methoxy groups -OCH3 is 1. The Kier molecular flexibility index (Phi) is 3.77. The van der Waals surface area contributed by atoms with Crippen molar-refractivity contribution in [1.82, 2.24) is 0 Å². The molecule has 3 N–H and O–H groups in total. The number of ether oxygens (including phenoxy) is 1. The summed E-state index contributed by atoms with van der Waals surface area (Å²) < 4.78 is 6.20. The van der Waals surface area contributed by atoms with Crippen LogP contribution in [0.3, 0.4) is 0 Å². The van der Waals surface area contributed by atoms with E-state index in [9.17, 15) is 0 Å². The molecule has 2 rings (SSSR count). The van der Waals surface area contributed by atoms with E-state index in [0.29, 0.717) is 0 Å². The van der Waals surface area contributed by atoms with E-state index in [1.807, 2.05) is 43.3 Å². The molecule has 0 radical (unpaired) electrons. The van der Waals surface area contributed by atoms with Gasteiger partial charge in [0.2, 0.25) is 0 Å². The van der Waals surface area contributed by atoms with Gasteiger partial charge in [0.1, 0.15) is 5.75 Å². The first-order valence-corrected chi connectivity index (χ1v) is 6.36. The van der Waals surface area contributed by atoms with Gasteiger partial charge in [-0.25, -0.2) is 0 Å². The highest BCUT2D eigenvalue weighted by atomic mass is 79.9. The molecule has 0 bridgehead atoms. The fourth-order valence-electron chi connectivity index (χ4n) is 1.72. The quantitative estimate of drug-likeness (QED) is 0.840. The highest BCUT2D eigenvalue weighted by Crippen LogP contribution is 2.30. The van der Waals surface area contributed by atoms with Gasteiger partial charge in [-0.15, -0.1) is 0 Å². The van der Waals surface area contributed by atoms with Gasteiger partial charge in [0.25, 0.3) is 0 Å². The van der Waals surface area contributed by atoms with Crippen LogP contribution in [0.15, 0.2) is 40.9 Å². The van der Waals surface area contributed by atoms with Gasteiger partial charge in [-0.2, -0.15) is 0 Å². The molecule has 0 atom stereocenters. The van der Waals surface area contributed by atoms with Gasteiger partial charge in [-0.05, 0) is 58.7 Å². The zero-order valence-electron chi connectivity index (χ0n) is 10.3. The molecule has 0 spiro atoms. The molecule has 4 heteroatoms. The highest BCUT2D eigenvalue weighted by molar-refractivity contribution is 9.10. The number of hydrogen-bond acceptors (Lipinski definition) is 3. The Morgan fingerprint density at radius 3 is 2.61 bits per heavy atom. The van der Waals surface area contributed by atoms with E-state index in [1.54, 1.807) is 7.11 Å². The molecule has 0 unspecified atom stereocenters. The fraction of sp³-hybridized carbons (Fsp3) is 0.143. The van der Waals surface area contributed by atoms with Crippen LogP contribution < -0.4 is 15.8 Å². The molecule has 0 fully saturated rings. The summed E-state index contributed by atoms with van der Waals surface area (Å²) in [6.45, 7) is 2.02. The first-order valence-electron chi connectivity index (χ1n) is 5.57. The summed E-state index contributed by atoms with van der Waals surface area (Å²) in [7, 11) is 1.65. The van der Waals surface area contributed by atoms with Crippen molar-refractivity contribution < 1.29 is 4.74 Å². The van der Waals surface area contributed by atoms with Gasteiger partial charge >= 0.3 is 0 Å². The minimum atomic E-state index is 0.770. The lowest BCUT2D eigenvalue weighted by atomic mass is 10.1. The lowest BCUT2D eigenvalue weighted by Gasteiger charge is -2.12. The van der Waals surface area contributed by atoms with Gasteiger partial charge in [0, 0.05) is 23.1 Å². The molecule has 18 heavy (non-hydrogen) atoms. The van der Waals surface area contributed by atoms with E-state index in [-0.39, 0.29) is 0 Å². The van der Waals surface area contributed by atoms with E-state index in [4.69, 9.17) is 10.5 Å². The second-order valence-corrected chi connectivity index (χ2v) is 4.90. The molecular formula is C14H15BrN2O. The van der Waals surface area contributed by atoms with E-state index in [2.05, 4.69) is 21.2 Å². The number of hydrogen-bond donors (Lipinski definition) is 2. The Morgan fingerprint density at radius 1 is 1.17 bits per heavy atom. The highest BCUT2D eigenvalue weighted by Gasteiger charge is 2.03. The largest absolute Gasteiger partial charge is 0.495 e. The van der Waals surface area contributed by atoms with E-state index >= 15 is 0 Å². The summed E-state index contributed by atoms with van der Waals surface area (Å²) in [6.07, 6.45) is 0. The summed E-state index contributed by atoms with van der Waals surface area (Å²) in [5.74, 6) is 0.799. The van der Waals surface area contributed by atoms with Crippen molar-refractivity contribution in [2.45, 2.75) is 6.92 Å². The number of anilines is 3. The van der Waals surface area contributed by atoms with Crippen LogP contribution in [-0.4, -0.2) is 7.11 Å². The Morgan fingerprint density at radius 2 is 1.94 bits per heavy atom. The van der Waals surface area contributed by atoms with Crippen LogP contribution in [0.1, 0.15) is 5.56 Å². The third-order valence-corrected chi connectivity index (χ3v) is 3.34. The maximum Gasteiger partial charge on any atom is 0.135 e.